The quantitative estimate of drug-likeness (QED) is 0.836. The summed E-state index contributed by atoms with van der Waals surface area (Å²) in [6.07, 6.45) is 0. The maximum absolute atomic E-state index is 11.1. The minimum absolute atomic E-state index is 0.0388. The first-order valence-electron chi connectivity index (χ1n) is 5.50. The Morgan fingerprint density at radius 2 is 1.95 bits per heavy atom. The van der Waals surface area contributed by atoms with Gasteiger partial charge in [0, 0.05) is 10.6 Å². The standard InChI is InChI=1S/C14H11ClO3S/c15-12-7-10(5-6-13(12)16)19-8-9-3-1-2-4-11(9)14(17)18/h1-7,16H,8H2,(H,17,18). The molecule has 2 aromatic carbocycles. The van der Waals surface area contributed by atoms with Crippen molar-refractivity contribution < 1.29 is 15.0 Å². The third-order valence-corrected chi connectivity index (χ3v) is 3.91. The lowest BCUT2D eigenvalue weighted by Gasteiger charge is -2.06. The topological polar surface area (TPSA) is 57.5 Å². The summed E-state index contributed by atoms with van der Waals surface area (Å²) in [5.74, 6) is -0.360. The van der Waals surface area contributed by atoms with Gasteiger partial charge in [0.2, 0.25) is 0 Å². The molecular weight excluding hydrogens is 284 g/mol. The Kier molecular flexibility index (Phi) is 4.35. The van der Waals surface area contributed by atoms with Gasteiger partial charge in [-0.3, -0.25) is 0 Å². The summed E-state index contributed by atoms with van der Waals surface area (Å²) in [4.78, 5) is 11.9. The number of phenols is 1. The van der Waals surface area contributed by atoms with Crippen molar-refractivity contribution in [3.05, 3.63) is 58.6 Å². The van der Waals surface area contributed by atoms with E-state index in [4.69, 9.17) is 16.7 Å². The molecule has 5 heteroatoms. The number of carboxylic acid groups (broad SMARTS) is 1. The van der Waals surface area contributed by atoms with Crippen molar-refractivity contribution in [1.29, 1.82) is 0 Å². The highest BCUT2D eigenvalue weighted by molar-refractivity contribution is 7.98. The summed E-state index contributed by atoms with van der Waals surface area (Å²) >= 11 is 7.29. The van der Waals surface area contributed by atoms with Crippen molar-refractivity contribution in [3.63, 3.8) is 0 Å². The second-order valence-corrected chi connectivity index (χ2v) is 5.32. The maximum atomic E-state index is 11.1. The molecule has 2 rings (SSSR count). The largest absolute Gasteiger partial charge is 0.506 e. The van der Waals surface area contributed by atoms with Crippen LogP contribution in [0.4, 0.5) is 0 Å². The highest BCUT2D eigenvalue weighted by Crippen LogP contribution is 2.31. The van der Waals surface area contributed by atoms with Gasteiger partial charge in [0.1, 0.15) is 5.75 Å². The van der Waals surface area contributed by atoms with Crippen LogP contribution in [-0.4, -0.2) is 16.2 Å². The second kappa shape index (κ2) is 5.99. The van der Waals surface area contributed by atoms with Crippen LogP contribution in [0.15, 0.2) is 47.4 Å². The number of rotatable bonds is 4. The van der Waals surface area contributed by atoms with E-state index in [1.807, 2.05) is 6.07 Å². The smallest absolute Gasteiger partial charge is 0.335 e. The third kappa shape index (κ3) is 3.43. The summed E-state index contributed by atoms with van der Waals surface area (Å²) in [5, 5.41) is 18.7. The highest BCUT2D eigenvalue weighted by atomic mass is 35.5. The van der Waals surface area contributed by atoms with Crippen LogP contribution in [0.1, 0.15) is 15.9 Å². The minimum atomic E-state index is -0.931. The second-order valence-electron chi connectivity index (χ2n) is 3.86. The van der Waals surface area contributed by atoms with E-state index in [9.17, 15) is 9.90 Å². The van der Waals surface area contributed by atoms with Crippen LogP contribution in [-0.2, 0) is 5.75 Å². The average molecular weight is 295 g/mol. The van der Waals surface area contributed by atoms with Crippen molar-refractivity contribution >= 4 is 29.3 Å². The van der Waals surface area contributed by atoms with Gasteiger partial charge in [0.05, 0.1) is 10.6 Å². The van der Waals surface area contributed by atoms with E-state index < -0.39 is 5.97 Å². The number of aromatic carboxylic acids is 1. The van der Waals surface area contributed by atoms with E-state index in [1.165, 1.54) is 17.8 Å². The molecule has 0 amide bonds. The van der Waals surface area contributed by atoms with E-state index in [1.54, 1.807) is 30.3 Å². The molecule has 0 aliphatic rings. The monoisotopic (exact) mass is 294 g/mol. The molecule has 0 aromatic heterocycles. The fourth-order valence-electron chi connectivity index (χ4n) is 1.59. The van der Waals surface area contributed by atoms with Crippen LogP contribution in [0.5, 0.6) is 5.75 Å². The molecule has 0 spiro atoms. The van der Waals surface area contributed by atoms with Gasteiger partial charge in [-0.25, -0.2) is 4.79 Å². The predicted molar refractivity (Wildman–Crippen MR) is 76.1 cm³/mol. The van der Waals surface area contributed by atoms with Crippen molar-refractivity contribution in [2.45, 2.75) is 10.6 Å². The van der Waals surface area contributed by atoms with Gasteiger partial charge in [-0.05, 0) is 29.8 Å². The summed E-state index contributed by atoms with van der Waals surface area (Å²) in [7, 11) is 0. The summed E-state index contributed by atoms with van der Waals surface area (Å²) in [6, 6.07) is 11.8. The third-order valence-electron chi connectivity index (χ3n) is 2.56. The van der Waals surface area contributed by atoms with Crippen molar-refractivity contribution in [2.75, 3.05) is 0 Å². The van der Waals surface area contributed by atoms with Gasteiger partial charge in [-0.2, -0.15) is 0 Å². The lowest BCUT2D eigenvalue weighted by Crippen LogP contribution is -2.00. The number of benzene rings is 2. The van der Waals surface area contributed by atoms with Gasteiger partial charge >= 0.3 is 5.97 Å². The summed E-state index contributed by atoms with van der Waals surface area (Å²) in [6.45, 7) is 0. The Morgan fingerprint density at radius 3 is 2.63 bits per heavy atom. The number of phenolic OH excluding ortho intramolecular Hbond substituents is 1. The van der Waals surface area contributed by atoms with E-state index in [0.29, 0.717) is 11.3 Å². The van der Waals surface area contributed by atoms with Crippen LogP contribution in [0.3, 0.4) is 0 Å². The number of thioether (sulfide) groups is 1. The molecular formula is C14H11ClO3S. The Labute approximate surface area is 119 Å². The molecule has 0 atom stereocenters. The molecule has 0 saturated carbocycles. The molecule has 19 heavy (non-hydrogen) atoms. The molecule has 0 aliphatic heterocycles. The molecule has 0 bridgehead atoms. The molecule has 98 valence electrons. The van der Waals surface area contributed by atoms with E-state index >= 15 is 0 Å². The summed E-state index contributed by atoms with van der Waals surface area (Å²) < 4.78 is 0. The van der Waals surface area contributed by atoms with Crippen LogP contribution in [0.2, 0.25) is 5.02 Å². The predicted octanol–water partition coefficient (Wildman–Crippen LogP) is 4.04. The molecule has 0 aliphatic carbocycles. The summed E-state index contributed by atoms with van der Waals surface area (Å²) in [5.41, 5.74) is 1.06. The Hall–Kier alpha value is -1.65. The molecule has 0 fully saturated rings. The fourth-order valence-corrected chi connectivity index (χ4v) is 2.78. The van der Waals surface area contributed by atoms with Crippen LogP contribution >= 0.6 is 23.4 Å². The van der Waals surface area contributed by atoms with E-state index in [2.05, 4.69) is 0 Å². The number of aromatic hydroxyl groups is 1. The minimum Gasteiger partial charge on any atom is -0.506 e. The highest BCUT2D eigenvalue weighted by Gasteiger charge is 2.09. The number of carboxylic acids is 1. The molecule has 0 heterocycles. The van der Waals surface area contributed by atoms with Gasteiger partial charge < -0.3 is 10.2 Å². The van der Waals surface area contributed by atoms with E-state index in [-0.39, 0.29) is 10.8 Å². The molecule has 2 N–H and O–H groups in total. The Morgan fingerprint density at radius 1 is 1.21 bits per heavy atom. The SMILES string of the molecule is O=C(O)c1ccccc1CSc1ccc(O)c(Cl)c1. The van der Waals surface area contributed by atoms with Gasteiger partial charge in [-0.1, -0.05) is 29.8 Å². The number of hydrogen-bond donors (Lipinski definition) is 2. The number of hydrogen-bond acceptors (Lipinski definition) is 3. The number of halogens is 1. The van der Waals surface area contributed by atoms with Gasteiger partial charge in [0.15, 0.2) is 0 Å². The zero-order valence-corrected chi connectivity index (χ0v) is 11.4. The molecule has 0 unspecified atom stereocenters. The molecule has 0 saturated heterocycles. The Balaban J connectivity index is 2.14. The zero-order valence-electron chi connectivity index (χ0n) is 9.84. The van der Waals surface area contributed by atoms with Crippen LogP contribution < -0.4 is 0 Å². The maximum Gasteiger partial charge on any atom is 0.335 e. The fraction of sp³-hybridized carbons (Fsp3) is 0.0714. The van der Waals surface area contributed by atoms with Crippen molar-refractivity contribution in [1.82, 2.24) is 0 Å². The average Bonchev–Trinajstić information content (AvgIpc) is 2.40. The first-order valence-corrected chi connectivity index (χ1v) is 6.87. The Bertz CT molecular complexity index is 613. The molecule has 0 radical (unpaired) electrons. The van der Waals surface area contributed by atoms with Gasteiger partial charge in [-0.15, -0.1) is 11.8 Å². The van der Waals surface area contributed by atoms with Crippen LogP contribution in [0.25, 0.3) is 0 Å². The van der Waals surface area contributed by atoms with Crippen molar-refractivity contribution in [2.24, 2.45) is 0 Å². The van der Waals surface area contributed by atoms with Gasteiger partial charge in [0.25, 0.3) is 0 Å². The lowest BCUT2D eigenvalue weighted by molar-refractivity contribution is 0.0696. The number of carbonyl (C=O) groups is 1. The van der Waals surface area contributed by atoms with Crippen LogP contribution in [0, 0.1) is 0 Å². The zero-order chi connectivity index (χ0) is 13.8. The molecule has 3 nitrogen and oxygen atoms in total. The first kappa shape index (κ1) is 13.8. The molecule has 2 aromatic rings. The lowest BCUT2D eigenvalue weighted by atomic mass is 10.1. The van der Waals surface area contributed by atoms with E-state index in [0.717, 1.165) is 10.5 Å². The first-order chi connectivity index (χ1) is 9.08. The van der Waals surface area contributed by atoms with Crippen molar-refractivity contribution in [3.8, 4) is 5.75 Å². The normalized spacial score (nSPS) is 10.4.